The van der Waals surface area contributed by atoms with Crippen molar-refractivity contribution in [1.29, 1.82) is 0 Å². The van der Waals surface area contributed by atoms with E-state index in [1.165, 1.54) is 11.1 Å². The second-order valence-electron chi connectivity index (χ2n) is 3.21. The molecule has 2 heterocycles. The molecule has 0 saturated heterocycles. The second kappa shape index (κ2) is 2.34. The first-order valence-electron chi connectivity index (χ1n) is 4.08. The van der Waals surface area contributed by atoms with Crippen molar-refractivity contribution < 1.29 is 0 Å². The Kier molecular flexibility index (Phi) is 1.43. The van der Waals surface area contributed by atoms with E-state index in [9.17, 15) is 0 Å². The highest BCUT2D eigenvalue weighted by atomic mass is 15.0. The largest absolute Gasteiger partial charge is 0.333 e. The number of aromatic nitrogens is 2. The molecule has 0 bridgehead atoms. The molecule has 0 aliphatic rings. The van der Waals surface area contributed by atoms with Crippen LogP contribution in [0.4, 0.5) is 0 Å². The lowest BCUT2D eigenvalue weighted by molar-refractivity contribution is 0.898. The number of fused-ring (bicyclic) bond motifs is 1. The van der Waals surface area contributed by atoms with E-state index in [-0.39, 0.29) is 0 Å². The van der Waals surface area contributed by atoms with Crippen molar-refractivity contribution in [1.82, 2.24) is 9.55 Å². The molecule has 2 aromatic heterocycles. The molecule has 0 unspecified atom stereocenters. The maximum Gasteiger partial charge on any atom is 0.140 e. The zero-order chi connectivity index (χ0) is 8.72. The highest BCUT2D eigenvalue weighted by Gasteiger charge is 2.01. The monoisotopic (exact) mass is 160 g/mol. The van der Waals surface area contributed by atoms with Gasteiger partial charge in [0.1, 0.15) is 5.65 Å². The number of hydrogen-bond acceptors (Lipinski definition) is 1. The summed E-state index contributed by atoms with van der Waals surface area (Å²) in [7, 11) is 2.05. The summed E-state index contributed by atoms with van der Waals surface area (Å²) in [4.78, 5) is 4.46. The molecule has 12 heavy (non-hydrogen) atoms. The van der Waals surface area contributed by atoms with E-state index in [1.807, 2.05) is 20.0 Å². The molecule has 0 aromatic carbocycles. The smallest absolute Gasteiger partial charge is 0.140 e. The van der Waals surface area contributed by atoms with Crippen LogP contribution in [0.1, 0.15) is 11.4 Å². The Morgan fingerprint density at radius 1 is 1.25 bits per heavy atom. The number of hydrogen-bond donors (Lipinski definition) is 0. The van der Waals surface area contributed by atoms with Crippen molar-refractivity contribution in [2.45, 2.75) is 13.8 Å². The molecule has 62 valence electrons. The van der Waals surface area contributed by atoms with Crippen molar-refractivity contribution in [2.75, 3.05) is 0 Å². The van der Waals surface area contributed by atoms with Crippen molar-refractivity contribution in [2.24, 2.45) is 7.05 Å². The molecule has 2 nitrogen and oxygen atoms in total. The number of nitrogens with zero attached hydrogens (tertiary/aromatic N) is 2. The standard InChI is InChI=1S/C10H12N2/c1-7-4-5-9-6-8(2)12(3)10(9)11-7/h4-6H,1-3H3. The Morgan fingerprint density at radius 3 is 2.75 bits per heavy atom. The van der Waals surface area contributed by atoms with Gasteiger partial charge >= 0.3 is 0 Å². The van der Waals surface area contributed by atoms with Gasteiger partial charge in [0, 0.05) is 23.8 Å². The first-order valence-corrected chi connectivity index (χ1v) is 4.08. The summed E-state index contributed by atoms with van der Waals surface area (Å²) in [5, 5.41) is 1.22. The molecular formula is C10H12N2. The Hall–Kier alpha value is -1.31. The third kappa shape index (κ3) is 0.916. The Bertz CT molecular complexity index is 427. The SMILES string of the molecule is Cc1ccc2cc(C)n(C)c2n1. The second-order valence-corrected chi connectivity index (χ2v) is 3.21. The first kappa shape index (κ1) is 7.35. The molecule has 0 saturated carbocycles. The molecule has 0 radical (unpaired) electrons. The predicted molar refractivity (Wildman–Crippen MR) is 50.2 cm³/mol. The zero-order valence-corrected chi connectivity index (χ0v) is 7.63. The average molecular weight is 160 g/mol. The fourth-order valence-electron chi connectivity index (χ4n) is 1.42. The Balaban J connectivity index is 2.88. The molecular weight excluding hydrogens is 148 g/mol. The fraction of sp³-hybridized carbons (Fsp3) is 0.300. The summed E-state index contributed by atoms with van der Waals surface area (Å²) in [5.74, 6) is 0. The summed E-state index contributed by atoms with van der Waals surface area (Å²) < 4.78 is 2.11. The zero-order valence-electron chi connectivity index (χ0n) is 7.63. The van der Waals surface area contributed by atoms with Gasteiger partial charge in [0.2, 0.25) is 0 Å². The summed E-state index contributed by atoms with van der Waals surface area (Å²) in [6.07, 6.45) is 0. The van der Waals surface area contributed by atoms with Crippen molar-refractivity contribution in [3.8, 4) is 0 Å². The van der Waals surface area contributed by atoms with E-state index in [0.717, 1.165) is 11.3 Å². The molecule has 0 aliphatic carbocycles. The van der Waals surface area contributed by atoms with Gasteiger partial charge < -0.3 is 4.57 Å². The summed E-state index contributed by atoms with van der Waals surface area (Å²) in [5.41, 5.74) is 3.40. The van der Waals surface area contributed by atoms with Gasteiger partial charge in [-0.05, 0) is 32.0 Å². The lowest BCUT2D eigenvalue weighted by Gasteiger charge is -1.97. The van der Waals surface area contributed by atoms with Gasteiger partial charge in [-0.25, -0.2) is 4.98 Å². The molecule has 2 aromatic rings. The Morgan fingerprint density at radius 2 is 2.00 bits per heavy atom. The van der Waals surface area contributed by atoms with Gasteiger partial charge in [-0.1, -0.05) is 0 Å². The molecule has 0 spiro atoms. The molecule has 0 fully saturated rings. The van der Waals surface area contributed by atoms with Crippen LogP contribution in [-0.2, 0) is 7.05 Å². The van der Waals surface area contributed by atoms with E-state index in [0.29, 0.717) is 0 Å². The normalized spacial score (nSPS) is 10.9. The van der Waals surface area contributed by atoms with Crippen LogP contribution in [0.25, 0.3) is 11.0 Å². The summed E-state index contributed by atoms with van der Waals surface area (Å²) >= 11 is 0. The van der Waals surface area contributed by atoms with Gasteiger partial charge in [0.05, 0.1) is 0 Å². The van der Waals surface area contributed by atoms with Crippen LogP contribution in [0.3, 0.4) is 0 Å². The summed E-state index contributed by atoms with van der Waals surface area (Å²) in [6.45, 7) is 4.11. The molecule has 0 atom stereocenters. The maximum absolute atomic E-state index is 4.46. The molecule has 2 heteroatoms. The summed E-state index contributed by atoms with van der Waals surface area (Å²) in [6, 6.07) is 6.31. The molecule has 0 aliphatic heterocycles. The lowest BCUT2D eigenvalue weighted by Crippen LogP contribution is -1.92. The van der Waals surface area contributed by atoms with Crippen LogP contribution in [0.15, 0.2) is 18.2 Å². The highest BCUT2D eigenvalue weighted by Crippen LogP contribution is 2.15. The number of rotatable bonds is 0. The Labute approximate surface area is 71.8 Å². The van der Waals surface area contributed by atoms with Crippen molar-refractivity contribution in [3.63, 3.8) is 0 Å². The third-order valence-electron chi connectivity index (χ3n) is 2.26. The van der Waals surface area contributed by atoms with Crippen molar-refractivity contribution >= 4 is 11.0 Å². The maximum atomic E-state index is 4.46. The molecule has 2 rings (SSSR count). The van der Waals surface area contributed by atoms with E-state index in [2.05, 4.69) is 28.6 Å². The number of pyridine rings is 1. The van der Waals surface area contributed by atoms with Gasteiger partial charge in [-0.15, -0.1) is 0 Å². The van der Waals surface area contributed by atoms with E-state index < -0.39 is 0 Å². The quantitative estimate of drug-likeness (QED) is 0.577. The van der Waals surface area contributed by atoms with Gasteiger partial charge in [-0.2, -0.15) is 0 Å². The van der Waals surface area contributed by atoms with Crippen LogP contribution < -0.4 is 0 Å². The van der Waals surface area contributed by atoms with Crippen LogP contribution in [0.2, 0.25) is 0 Å². The van der Waals surface area contributed by atoms with Crippen LogP contribution in [0, 0.1) is 13.8 Å². The number of aryl methyl sites for hydroxylation is 3. The predicted octanol–water partition coefficient (Wildman–Crippen LogP) is 2.19. The van der Waals surface area contributed by atoms with Crippen LogP contribution in [-0.4, -0.2) is 9.55 Å². The molecule has 0 N–H and O–H groups in total. The minimum atomic E-state index is 1.07. The highest BCUT2D eigenvalue weighted by molar-refractivity contribution is 5.77. The van der Waals surface area contributed by atoms with E-state index >= 15 is 0 Å². The van der Waals surface area contributed by atoms with Crippen LogP contribution in [0.5, 0.6) is 0 Å². The fourth-order valence-corrected chi connectivity index (χ4v) is 1.42. The first-order chi connectivity index (χ1) is 5.68. The minimum absolute atomic E-state index is 1.07. The van der Waals surface area contributed by atoms with E-state index in [4.69, 9.17) is 0 Å². The van der Waals surface area contributed by atoms with Crippen molar-refractivity contribution in [3.05, 3.63) is 29.6 Å². The third-order valence-corrected chi connectivity index (χ3v) is 2.26. The molecule has 0 amide bonds. The lowest BCUT2D eigenvalue weighted by atomic mass is 10.3. The van der Waals surface area contributed by atoms with E-state index in [1.54, 1.807) is 0 Å². The minimum Gasteiger partial charge on any atom is -0.333 e. The van der Waals surface area contributed by atoms with Crippen LogP contribution >= 0.6 is 0 Å². The average Bonchev–Trinajstić information content (AvgIpc) is 2.31. The van der Waals surface area contributed by atoms with Gasteiger partial charge in [-0.3, -0.25) is 0 Å². The van der Waals surface area contributed by atoms with Gasteiger partial charge in [0.15, 0.2) is 0 Å². The van der Waals surface area contributed by atoms with Gasteiger partial charge in [0.25, 0.3) is 0 Å². The topological polar surface area (TPSA) is 17.8 Å².